The average molecular weight is 261 g/mol. The first-order valence-electron chi connectivity index (χ1n) is 3.90. The fourth-order valence-corrected chi connectivity index (χ4v) is 1.66. The lowest BCUT2D eigenvalue weighted by Crippen LogP contribution is -2.12. The molecule has 0 heterocycles. The third kappa shape index (κ3) is 1.87. The summed E-state index contributed by atoms with van der Waals surface area (Å²) in [6.07, 6.45) is 3.18. The largest absolute Gasteiger partial charge is 0.492 e. The molecule has 0 atom stereocenters. The van der Waals surface area contributed by atoms with E-state index in [1.54, 1.807) is 19.3 Å². The quantitative estimate of drug-likeness (QED) is 0.800. The molecular formula is C9H10BrFN2O. The van der Waals surface area contributed by atoms with E-state index >= 15 is 0 Å². The number of allylic oxidation sites excluding steroid dienone is 4. The highest BCUT2D eigenvalue weighted by Gasteiger charge is 2.23. The van der Waals surface area contributed by atoms with Crippen molar-refractivity contribution in [1.29, 1.82) is 5.41 Å². The number of nitrogens with one attached hydrogen (secondary N) is 2. The first-order chi connectivity index (χ1) is 6.61. The van der Waals surface area contributed by atoms with Gasteiger partial charge in [0.1, 0.15) is 5.71 Å². The molecule has 1 aliphatic carbocycles. The molecule has 0 saturated carbocycles. The van der Waals surface area contributed by atoms with Crippen LogP contribution in [0.4, 0.5) is 4.39 Å². The van der Waals surface area contributed by atoms with Crippen molar-refractivity contribution in [2.75, 3.05) is 14.2 Å². The van der Waals surface area contributed by atoms with Gasteiger partial charge in [0.2, 0.25) is 0 Å². The van der Waals surface area contributed by atoms with Gasteiger partial charge in [0.25, 0.3) is 0 Å². The summed E-state index contributed by atoms with van der Waals surface area (Å²) in [5.74, 6) is -0.605. The second-order valence-electron chi connectivity index (χ2n) is 2.60. The smallest absolute Gasteiger partial charge is 0.191 e. The molecule has 1 aliphatic rings. The molecular weight excluding hydrogens is 251 g/mol. The normalized spacial score (nSPS) is 19.9. The van der Waals surface area contributed by atoms with E-state index in [9.17, 15) is 4.39 Å². The number of halogens is 2. The van der Waals surface area contributed by atoms with Crippen LogP contribution in [-0.4, -0.2) is 19.9 Å². The van der Waals surface area contributed by atoms with E-state index in [-0.39, 0.29) is 11.5 Å². The van der Waals surface area contributed by atoms with Gasteiger partial charge in [0.05, 0.1) is 11.6 Å². The maximum atomic E-state index is 13.5. The third-order valence-corrected chi connectivity index (χ3v) is 2.30. The van der Waals surface area contributed by atoms with Crippen LogP contribution >= 0.6 is 15.9 Å². The zero-order valence-corrected chi connectivity index (χ0v) is 9.40. The fraction of sp³-hybridized carbons (Fsp3) is 0.222. The van der Waals surface area contributed by atoms with Crippen LogP contribution in [0.2, 0.25) is 0 Å². The first kappa shape index (κ1) is 11.0. The van der Waals surface area contributed by atoms with Crippen LogP contribution in [0, 0.1) is 5.41 Å². The summed E-state index contributed by atoms with van der Waals surface area (Å²) in [6.45, 7) is 0. The highest BCUT2D eigenvalue weighted by molar-refractivity contribution is 9.12. The third-order valence-electron chi connectivity index (χ3n) is 1.71. The van der Waals surface area contributed by atoms with E-state index in [0.717, 1.165) is 0 Å². The van der Waals surface area contributed by atoms with Crippen LogP contribution in [0.3, 0.4) is 0 Å². The van der Waals surface area contributed by atoms with E-state index in [1.165, 1.54) is 7.11 Å². The van der Waals surface area contributed by atoms with E-state index in [4.69, 9.17) is 10.1 Å². The molecule has 5 heteroatoms. The molecule has 0 fully saturated rings. The predicted octanol–water partition coefficient (Wildman–Crippen LogP) is 2.23. The highest BCUT2D eigenvalue weighted by atomic mass is 79.9. The van der Waals surface area contributed by atoms with Gasteiger partial charge < -0.3 is 10.1 Å². The molecule has 0 aromatic carbocycles. The van der Waals surface area contributed by atoms with Gasteiger partial charge >= 0.3 is 0 Å². The summed E-state index contributed by atoms with van der Waals surface area (Å²) in [5, 5.41) is 10.2. The molecule has 0 aliphatic heterocycles. The number of rotatable bonds is 2. The summed E-state index contributed by atoms with van der Waals surface area (Å²) < 4.78 is 18.8. The van der Waals surface area contributed by atoms with E-state index in [2.05, 4.69) is 21.2 Å². The Morgan fingerprint density at radius 2 is 2.29 bits per heavy atom. The Hall–Kier alpha value is -1.10. The Kier molecular flexibility index (Phi) is 3.46. The molecule has 0 amide bonds. The minimum Gasteiger partial charge on any atom is -0.492 e. The Balaban J connectivity index is 3.16. The lowest BCUT2D eigenvalue weighted by Gasteiger charge is -2.15. The second-order valence-corrected chi connectivity index (χ2v) is 3.46. The van der Waals surface area contributed by atoms with Crippen LogP contribution < -0.4 is 5.32 Å². The summed E-state index contributed by atoms with van der Waals surface area (Å²) in [5.41, 5.74) is 0.289. The number of hydrogen-bond donors (Lipinski definition) is 2. The molecule has 1 rings (SSSR count). The minimum absolute atomic E-state index is 0.0586. The van der Waals surface area contributed by atoms with Gasteiger partial charge in [-0.05, 0) is 22.0 Å². The van der Waals surface area contributed by atoms with Crippen LogP contribution in [0.15, 0.2) is 33.9 Å². The van der Waals surface area contributed by atoms with Crippen LogP contribution in [0.25, 0.3) is 0 Å². The van der Waals surface area contributed by atoms with Crippen molar-refractivity contribution in [1.82, 2.24) is 5.32 Å². The molecule has 0 radical (unpaired) electrons. The highest BCUT2D eigenvalue weighted by Crippen LogP contribution is 2.30. The maximum Gasteiger partial charge on any atom is 0.191 e. The molecule has 2 N–H and O–H groups in total. The molecule has 76 valence electrons. The average Bonchev–Trinajstić information content (AvgIpc) is 2.15. The number of ether oxygens (including phenoxy) is 1. The fourth-order valence-electron chi connectivity index (χ4n) is 1.08. The van der Waals surface area contributed by atoms with E-state index in [0.29, 0.717) is 10.1 Å². The van der Waals surface area contributed by atoms with Crippen LogP contribution in [0.5, 0.6) is 0 Å². The number of methoxy groups -OCH3 is 1. The molecule has 0 aromatic heterocycles. The van der Waals surface area contributed by atoms with Crippen molar-refractivity contribution in [2.45, 2.75) is 0 Å². The van der Waals surface area contributed by atoms with Gasteiger partial charge in [0, 0.05) is 18.8 Å². The van der Waals surface area contributed by atoms with E-state index < -0.39 is 5.83 Å². The number of hydrogen-bond acceptors (Lipinski definition) is 3. The summed E-state index contributed by atoms with van der Waals surface area (Å²) in [6, 6.07) is 0. The monoisotopic (exact) mass is 260 g/mol. The Bertz CT molecular complexity index is 358. The molecule has 3 nitrogen and oxygen atoms in total. The molecule has 14 heavy (non-hydrogen) atoms. The van der Waals surface area contributed by atoms with Crippen LogP contribution in [0.1, 0.15) is 0 Å². The van der Waals surface area contributed by atoms with Crippen molar-refractivity contribution < 1.29 is 9.13 Å². The standard InChI is InChI=1S/C9H10BrFN2O/c1-13-4-5-3-6(10)9(14-2)7(11)8(5)12/h3-4,12-13H,1-2H3/b5-4-,12-8?. The molecule has 0 saturated heterocycles. The lowest BCUT2D eigenvalue weighted by molar-refractivity contribution is 0.293. The lowest BCUT2D eigenvalue weighted by atomic mass is 10.0. The van der Waals surface area contributed by atoms with Gasteiger partial charge in [-0.25, -0.2) is 4.39 Å². The molecule has 0 bridgehead atoms. The van der Waals surface area contributed by atoms with Crippen molar-refractivity contribution in [3.63, 3.8) is 0 Å². The Morgan fingerprint density at radius 3 is 2.79 bits per heavy atom. The Morgan fingerprint density at radius 1 is 1.64 bits per heavy atom. The molecule has 0 unspecified atom stereocenters. The summed E-state index contributed by atoms with van der Waals surface area (Å²) in [4.78, 5) is 0. The van der Waals surface area contributed by atoms with Gasteiger partial charge in [-0.1, -0.05) is 0 Å². The molecule has 0 spiro atoms. The zero-order chi connectivity index (χ0) is 10.7. The molecule has 0 aromatic rings. The minimum atomic E-state index is -0.664. The second kappa shape index (κ2) is 4.41. The summed E-state index contributed by atoms with van der Waals surface area (Å²) in [7, 11) is 3.06. The van der Waals surface area contributed by atoms with Crippen molar-refractivity contribution in [2.24, 2.45) is 0 Å². The first-order valence-corrected chi connectivity index (χ1v) is 4.69. The zero-order valence-electron chi connectivity index (χ0n) is 7.82. The van der Waals surface area contributed by atoms with Gasteiger partial charge in [-0.15, -0.1) is 0 Å². The maximum absolute atomic E-state index is 13.5. The SMILES string of the molecule is CN/C=C1/C=C(Br)C(OC)=C(F)C1=N. The topological polar surface area (TPSA) is 45.1 Å². The van der Waals surface area contributed by atoms with Gasteiger partial charge in [-0.2, -0.15) is 0 Å². The van der Waals surface area contributed by atoms with Crippen molar-refractivity contribution >= 4 is 21.6 Å². The van der Waals surface area contributed by atoms with Crippen molar-refractivity contribution in [3.8, 4) is 0 Å². The van der Waals surface area contributed by atoms with Crippen molar-refractivity contribution in [3.05, 3.63) is 33.9 Å². The predicted molar refractivity (Wildman–Crippen MR) is 57.0 cm³/mol. The summed E-state index contributed by atoms with van der Waals surface area (Å²) >= 11 is 3.17. The van der Waals surface area contributed by atoms with Gasteiger partial charge in [-0.3, -0.25) is 5.41 Å². The van der Waals surface area contributed by atoms with Crippen LogP contribution in [-0.2, 0) is 4.74 Å². The van der Waals surface area contributed by atoms with E-state index in [1.807, 2.05) is 0 Å². The van der Waals surface area contributed by atoms with Gasteiger partial charge in [0.15, 0.2) is 11.6 Å². The Labute approximate surface area is 90.0 Å².